The van der Waals surface area contributed by atoms with Crippen LogP contribution in [0.25, 0.3) is 0 Å². The number of carbonyl (C=O) groups excluding carboxylic acids is 1. The standard InChI is InChI=1S/C8H5F4NO2/c1-15-8(14)4-3(6(10)11)2-13-7(12)5(4)9/h2,6H,1H3. The Morgan fingerprint density at radius 3 is 2.53 bits per heavy atom. The third-order valence-electron chi connectivity index (χ3n) is 1.63. The van der Waals surface area contributed by atoms with Gasteiger partial charge in [0.25, 0.3) is 6.43 Å². The van der Waals surface area contributed by atoms with Crippen molar-refractivity contribution in [2.24, 2.45) is 0 Å². The molecule has 15 heavy (non-hydrogen) atoms. The third-order valence-corrected chi connectivity index (χ3v) is 1.63. The van der Waals surface area contributed by atoms with Crippen molar-refractivity contribution in [3.63, 3.8) is 0 Å². The van der Waals surface area contributed by atoms with Crippen LogP contribution >= 0.6 is 0 Å². The summed E-state index contributed by atoms with van der Waals surface area (Å²) in [6.45, 7) is 0. The maximum Gasteiger partial charge on any atom is 0.341 e. The number of carbonyl (C=O) groups is 1. The van der Waals surface area contributed by atoms with Crippen molar-refractivity contribution >= 4 is 5.97 Å². The Hall–Kier alpha value is -1.66. The van der Waals surface area contributed by atoms with Crippen molar-refractivity contribution in [1.82, 2.24) is 4.98 Å². The molecule has 7 heteroatoms. The number of rotatable bonds is 2. The van der Waals surface area contributed by atoms with Crippen LogP contribution in [0.1, 0.15) is 22.3 Å². The predicted octanol–water partition coefficient (Wildman–Crippen LogP) is 2.08. The minimum Gasteiger partial charge on any atom is -0.465 e. The lowest BCUT2D eigenvalue weighted by molar-refractivity contribution is 0.0581. The van der Waals surface area contributed by atoms with Gasteiger partial charge in [-0.1, -0.05) is 0 Å². The predicted molar refractivity (Wildman–Crippen MR) is 40.4 cm³/mol. The number of halogens is 4. The average Bonchev–Trinajstić information content (AvgIpc) is 2.20. The molecule has 0 saturated heterocycles. The van der Waals surface area contributed by atoms with Gasteiger partial charge in [0.15, 0.2) is 5.82 Å². The molecule has 0 saturated carbocycles. The molecule has 1 aromatic rings. The van der Waals surface area contributed by atoms with Gasteiger partial charge in [-0.15, -0.1) is 0 Å². The number of hydrogen-bond acceptors (Lipinski definition) is 3. The van der Waals surface area contributed by atoms with Crippen LogP contribution in [0.15, 0.2) is 6.20 Å². The van der Waals surface area contributed by atoms with Crippen LogP contribution in [0.5, 0.6) is 0 Å². The average molecular weight is 223 g/mol. The highest BCUT2D eigenvalue weighted by molar-refractivity contribution is 5.91. The fraction of sp³-hybridized carbons (Fsp3) is 0.250. The van der Waals surface area contributed by atoms with E-state index in [1.165, 1.54) is 0 Å². The molecule has 0 aromatic carbocycles. The van der Waals surface area contributed by atoms with Crippen molar-refractivity contribution in [3.8, 4) is 0 Å². The first-order valence-corrected chi connectivity index (χ1v) is 3.69. The second kappa shape index (κ2) is 4.24. The van der Waals surface area contributed by atoms with Crippen LogP contribution < -0.4 is 0 Å². The summed E-state index contributed by atoms with van der Waals surface area (Å²) in [6, 6.07) is 0. The van der Waals surface area contributed by atoms with E-state index in [1.807, 2.05) is 0 Å². The smallest absolute Gasteiger partial charge is 0.341 e. The molecule has 0 aliphatic rings. The zero-order chi connectivity index (χ0) is 11.6. The largest absolute Gasteiger partial charge is 0.465 e. The molecule has 0 bridgehead atoms. The lowest BCUT2D eigenvalue weighted by atomic mass is 10.1. The maximum atomic E-state index is 13.0. The summed E-state index contributed by atoms with van der Waals surface area (Å²) < 4.78 is 54.2. The third kappa shape index (κ3) is 2.05. The molecule has 1 aromatic heterocycles. The lowest BCUT2D eigenvalue weighted by Crippen LogP contribution is -2.12. The first kappa shape index (κ1) is 11.4. The Morgan fingerprint density at radius 2 is 2.07 bits per heavy atom. The van der Waals surface area contributed by atoms with Gasteiger partial charge in [0, 0.05) is 6.20 Å². The van der Waals surface area contributed by atoms with E-state index in [-0.39, 0.29) is 0 Å². The van der Waals surface area contributed by atoms with Crippen molar-refractivity contribution in [2.45, 2.75) is 6.43 Å². The summed E-state index contributed by atoms with van der Waals surface area (Å²) in [5.74, 6) is -4.73. The van der Waals surface area contributed by atoms with Crippen molar-refractivity contribution in [2.75, 3.05) is 7.11 Å². The number of pyridine rings is 1. The normalized spacial score (nSPS) is 10.5. The van der Waals surface area contributed by atoms with Gasteiger partial charge in [0.1, 0.15) is 5.56 Å². The molecule has 3 nitrogen and oxygen atoms in total. The fourth-order valence-corrected chi connectivity index (χ4v) is 0.952. The monoisotopic (exact) mass is 223 g/mol. The van der Waals surface area contributed by atoms with Gasteiger partial charge in [0.05, 0.1) is 12.7 Å². The molecule has 0 N–H and O–H groups in total. The van der Waals surface area contributed by atoms with E-state index in [2.05, 4.69) is 9.72 Å². The second-order valence-corrected chi connectivity index (χ2v) is 2.49. The molecular formula is C8H5F4NO2. The molecule has 82 valence electrons. The number of aromatic nitrogens is 1. The summed E-state index contributed by atoms with van der Waals surface area (Å²) in [4.78, 5) is 13.7. The lowest BCUT2D eigenvalue weighted by Gasteiger charge is -2.07. The van der Waals surface area contributed by atoms with E-state index in [0.29, 0.717) is 6.20 Å². The summed E-state index contributed by atoms with van der Waals surface area (Å²) in [7, 11) is 0.870. The van der Waals surface area contributed by atoms with Crippen LogP contribution in [0.3, 0.4) is 0 Å². The second-order valence-electron chi connectivity index (χ2n) is 2.49. The van der Waals surface area contributed by atoms with Gasteiger partial charge in [-0.05, 0) is 0 Å². The summed E-state index contributed by atoms with van der Waals surface area (Å²) >= 11 is 0. The SMILES string of the molecule is COC(=O)c1c(C(F)F)cnc(F)c1F. The molecule has 0 atom stereocenters. The first-order chi connectivity index (χ1) is 6.99. The number of nitrogens with zero attached hydrogens (tertiary/aromatic N) is 1. The van der Waals surface area contributed by atoms with Crippen molar-refractivity contribution < 1.29 is 27.1 Å². The molecule has 0 unspecified atom stereocenters. The van der Waals surface area contributed by atoms with Crippen LogP contribution in [0, 0.1) is 11.8 Å². The number of esters is 1. The molecule has 0 aliphatic heterocycles. The van der Waals surface area contributed by atoms with E-state index < -0.39 is 35.3 Å². The molecule has 1 rings (SSSR count). The van der Waals surface area contributed by atoms with Crippen LogP contribution in [-0.4, -0.2) is 18.1 Å². The fourth-order valence-electron chi connectivity index (χ4n) is 0.952. The van der Waals surface area contributed by atoms with Gasteiger partial charge in [-0.25, -0.2) is 22.9 Å². The molecule has 1 heterocycles. The quantitative estimate of drug-likeness (QED) is 0.437. The highest BCUT2D eigenvalue weighted by atomic mass is 19.3. The summed E-state index contributed by atoms with van der Waals surface area (Å²) in [5.41, 5.74) is -2.12. The Morgan fingerprint density at radius 1 is 1.47 bits per heavy atom. The minimum atomic E-state index is -3.14. The Balaban J connectivity index is 3.41. The molecule has 0 radical (unpaired) electrons. The Bertz CT molecular complexity index is 394. The van der Waals surface area contributed by atoms with Gasteiger partial charge in [0.2, 0.25) is 5.95 Å². The zero-order valence-corrected chi connectivity index (χ0v) is 7.43. The van der Waals surface area contributed by atoms with Crippen LogP contribution in [0.4, 0.5) is 17.6 Å². The van der Waals surface area contributed by atoms with E-state index in [4.69, 9.17) is 0 Å². The topological polar surface area (TPSA) is 39.2 Å². The number of hydrogen-bond donors (Lipinski definition) is 0. The van der Waals surface area contributed by atoms with Crippen molar-refractivity contribution in [1.29, 1.82) is 0 Å². The molecule has 0 fully saturated rings. The van der Waals surface area contributed by atoms with E-state index >= 15 is 0 Å². The first-order valence-electron chi connectivity index (χ1n) is 3.69. The molecule has 0 amide bonds. The number of ether oxygens (including phenoxy) is 1. The van der Waals surface area contributed by atoms with E-state index in [1.54, 1.807) is 0 Å². The highest BCUT2D eigenvalue weighted by Crippen LogP contribution is 2.25. The Kier molecular flexibility index (Phi) is 3.23. The summed E-state index contributed by atoms with van der Waals surface area (Å²) in [5, 5.41) is 0. The van der Waals surface area contributed by atoms with E-state index in [9.17, 15) is 22.4 Å². The summed E-state index contributed by atoms with van der Waals surface area (Å²) in [6.07, 6.45) is -2.74. The van der Waals surface area contributed by atoms with Gasteiger partial charge in [-0.2, -0.15) is 4.39 Å². The van der Waals surface area contributed by atoms with Crippen LogP contribution in [0.2, 0.25) is 0 Å². The van der Waals surface area contributed by atoms with Gasteiger partial charge >= 0.3 is 5.97 Å². The van der Waals surface area contributed by atoms with Crippen molar-refractivity contribution in [3.05, 3.63) is 29.1 Å². The number of alkyl halides is 2. The maximum absolute atomic E-state index is 13.0. The number of methoxy groups -OCH3 is 1. The van der Waals surface area contributed by atoms with Gasteiger partial charge in [-0.3, -0.25) is 0 Å². The zero-order valence-electron chi connectivity index (χ0n) is 7.43. The van der Waals surface area contributed by atoms with E-state index in [0.717, 1.165) is 7.11 Å². The molecular weight excluding hydrogens is 218 g/mol. The Labute approximate surface area is 81.7 Å². The highest BCUT2D eigenvalue weighted by Gasteiger charge is 2.26. The molecule has 0 aliphatic carbocycles. The van der Waals surface area contributed by atoms with Gasteiger partial charge < -0.3 is 4.74 Å². The minimum absolute atomic E-state index is 0.398. The molecule has 0 spiro atoms. The van der Waals surface area contributed by atoms with Crippen LogP contribution in [-0.2, 0) is 4.74 Å².